The van der Waals surface area contributed by atoms with E-state index >= 15 is 0 Å². The van der Waals surface area contributed by atoms with Crippen LogP contribution in [0.15, 0.2) is 36.4 Å². The van der Waals surface area contributed by atoms with Crippen molar-refractivity contribution in [3.05, 3.63) is 67.0 Å². The molecule has 0 spiro atoms. The summed E-state index contributed by atoms with van der Waals surface area (Å²) in [6.07, 6.45) is 0. The van der Waals surface area contributed by atoms with Crippen LogP contribution in [0.4, 0.5) is 5.69 Å². The quantitative estimate of drug-likeness (QED) is 0.281. The highest BCUT2D eigenvalue weighted by atomic mass is 35.5. The zero-order chi connectivity index (χ0) is 22.7. The summed E-state index contributed by atoms with van der Waals surface area (Å²) in [5.41, 5.74) is 4.15. The van der Waals surface area contributed by atoms with Crippen molar-refractivity contribution in [2.24, 2.45) is 0 Å². The molecule has 0 aliphatic carbocycles. The predicted octanol–water partition coefficient (Wildman–Crippen LogP) is 4.07. The number of nitrogens with zero attached hydrogens (tertiary/aromatic N) is 1. The SMILES string of the molecule is COc1ccc2c(Cl)c(C(=O)NC(=S)NNC(=O)c3ccc(Cl)c([N+](=O)[O-])c3)sc2c1. The summed E-state index contributed by atoms with van der Waals surface area (Å²) in [7, 11) is 1.53. The van der Waals surface area contributed by atoms with Gasteiger partial charge in [-0.1, -0.05) is 23.2 Å². The highest BCUT2D eigenvalue weighted by molar-refractivity contribution is 7.80. The fraction of sp³-hybridized carbons (Fsp3) is 0.0556. The number of nitro benzene ring substituents is 1. The van der Waals surface area contributed by atoms with Crippen LogP contribution in [0.2, 0.25) is 10.0 Å². The van der Waals surface area contributed by atoms with E-state index in [9.17, 15) is 19.7 Å². The van der Waals surface area contributed by atoms with Gasteiger partial charge in [0.1, 0.15) is 15.6 Å². The number of fused-ring (bicyclic) bond motifs is 1. The molecular formula is C18H12Cl2N4O5S2. The molecule has 3 aromatic rings. The lowest BCUT2D eigenvalue weighted by Crippen LogP contribution is -2.48. The number of carbonyl (C=O) groups excluding carboxylic acids is 2. The zero-order valence-electron chi connectivity index (χ0n) is 15.5. The van der Waals surface area contributed by atoms with Crippen LogP contribution in [0.5, 0.6) is 5.75 Å². The van der Waals surface area contributed by atoms with E-state index < -0.39 is 22.4 Å². The van der Waals surface area contributed by atoms with Gasteiger partial charge in [0.15, 0.2) is 5.11 Å². The predicted molar refractivity (Wildman–Crippen MR) is 122 cm³/mol. The van der Waals surface area contributed by atoms with E-state index in [0.29, 0.717) is 11.1 Å². The average molecular weight is 499 g/mol. The van der Waals surface area contributed by atoms with Crippen molar-refractivity contribution < 1.29 is 19.2 Å². The zero-order valence-corrected chi connectivity index (χ0v) is 18.7. The van der Waals surface area contributed by atoms with Crippen molar-refractivity contribution >= 4 is 79.5 Å². The Kier molecular flexibility index (Phi) is 6.91. The molecule has 0 saturated heterocycles. The number of amides is 2. The summed E-state index contributed by atoms with van der Waals surface area (Å²) in [6.45, 7) is 0. The van der Waals surface area contributed by atoms with Crippen LogP contribution >= 0.6 is 46.8 Å². The third-order valence-electron chi connectivity index (χ3n) is 3.96. The molecule has 1 aromatic heterocycles. The van der Waals surface area contributed by atoms with Gasteiger partial charge in [-0.3, -0.25) is 35.9 Å². The Balaban J connectivity index is 1.64. The third kappa shape index (κ3) is 5.02. The van der Waals surface area contributed by atoms with Crippen molar-refractivity contribution in [1.82, 2.24) is 16.2 Å². The number of nitro groups is 1. The molecule has 2 amide bonds. The lowest BCUT2D eigenvalue weighted by molar-refractivity contribution is -0.384. The molecule has 0 fully saturated rings. The standard InChI is InChI=1S/C18H12Cl2N4O5S2/c1-29-9-3-4-10-13(7-9)31-15(14(10)20)17(26)21-18(30)23-22-16(25)8-2-5-11(19)12(6-8)24(27)28/h2-7H,1H3,(H,22,25)(H2,21,23,26,30). The van der Waals surface area contributed by atoms with E-state index in [-0.39, 0.29) is 25.6 Å². The number of thiophene rings is 1. The Labute approximate surface area is 194 Å². The van der Waals surface area contributed by atoms with Gasteiger partial charge in [-0.05, 0) is 42.5 Å². The fourth-order valence-electron chi connectivity index (χ4n) is 2.49. The molecular weight excluding hydrogens is 487 g/mol. The largest absolute Gasteiger partial charge is 0.497 e. The number of carbonyl (C=O) groups is 2. The van der Waals surface area contributed by atoms with Crippen molar-refractivity contribution in [3.63, 3.8) is 0 Å². The van der Waals surface area contributed by atoms with Gasteiger partial charge in [0.25, 0.3) is 17.5 Å². The van der Waals surface area contributed by atoms with Crippen molar-refractivity contribution in [2.75, 3.05) is 7.11 Å². The van der Waals surface area contributed by atoms with Crippen LogP contribution in [0.1, 0.15) is 20.0 Å². The van der Waals surface area contributed by atoms with Gasteiger partial charge in [-0.25, -0.2) is 0 Å². The minimum Gasteiger partial charge on any atom is -0.497 e. The molecule has 13 heteroatoms. The first-order valence-corrected chi connectivity index (χ1v) is 10.3. The Morgan fingerprint density at radius 3 is 2.55 bits per heavy atom. The Morgan fingerprint density at radius 1 is 1.13 bits per heavy atom. The van der Waals surface area contributed by atoms with E-state index in [4.69, 9.17) is 40.2 Å². The van der Waals surface area contributed by atoms with Gasteiger partial charge < -0.3 is 4.74 Å². The van der Waals surface area contributed by atoms with E-state index in [2.05, 4.69) is 16.2 Å². The van der Waals surface area contributed by atoms with Crippen LogP contribution in [0.25, 0.3) is 10.1 Å². The second-order valence-electron chi connectivity index (χ2n) is 5.89. The smallest absolute Gasteiger partial charge is 0.288 e. The average Bonchev–Trinajstić information content (AvgIpc) is 3.08. The van der Waals surface area contributed by atoms with Crippen LogP contribution in [0, 0.1) is 10.1 Å². The molecule has 2 aromatic carbocycles. The number of methoxy groups -OCH3 is 1. The number of ether oxygens (including phenoxy) is 1. The molecule has 0 radical (unpaired) electrons. The van der Waals surface area contributed by atoms with Gasteiger partial charge in [0.2, 0.25) is 0 Å². The molecule has 0 aliphatic rings. The van der Waals surface area contributed by atoms with E-state index in [1.165, 1.54) is 19.2 Å². The van der Waals surface area contributed by atoms with Gasteiger partial charge in [-0.2, -0.15) is 0 Å². The third-order valence-corrected chi connectivity index (χ3v) is 6.14. The topological polar surface area (TPSA) is 123 Å². The number of nitrogens with one attached hydrogen (secondary N) is 3. The summed E-state index contributed by atoms with van der Waals surface area (Å²) in [4.78, 5) is 35.2. The second-order valence-corrected chi connectivity index (χ2v) is 8.14. The maximum atomic E-state index is 12.5. The molecule has 0 atom stereocenters. The van der Waals surface area contributed by atoms with Crippen LogP contribution in [-0.2, 0) is 0 Å². The van der Waals surface area contributed by atoms with E-state index in [1.807, 2.05) is 0 Å². The Hall–Kier alpha value is -2.99. The first-order valence-electron chi connectivity index (χ1n) is 8.33. The first-order chi connectivity index (χ1) is 14.7. The molecule has 31 heavy (non-hydrogen) atoms. The monoisotopic (exact) mass is 498 g/mol. The highest BCUT2D eigenvalue weighted by Gasteiger charge is 2.19. The highest BCUT2D eigenvalue weighted by Crippen LogP contribution is 2.37. The summed E-state index contributed by atoms with van der Waals surface area (Å²) in [5, 5.41) is 14.0. The summed E-state index contributed by atoms with van der Waals surface area (Å²) in [5.74, 6) is -0.665. The molecule has 0 bridgehead atoms. The lowest BCUT2D eigenvalue weighted by atomic mass is 10.2. The normalized spacial score (nSPS) is 10.4. The number of hydrogen-bond acceptors (Lipinski definition) is 7. The number of thiocarbonyl (C=S) groups is 1. The molecule has 0 saturated carbocycles. The van der Waals surface area contributed by atoms with Crippen LogP contribution in [0.3, 0.4) is 0 Å². The Bertz CT molecular complexity index is 1230. The molecule has 3 rings (SSSR count). The molecule has 3 N–H and O–H groups in total. The van der Waals surface area contributed by atoms with Gasteiger partial charge in [0, 0.05) is 21.7 Å². The van der Waals surface area contributed by atoms with E-state index in [1.54, 1.807) is 18.2 Å². The summed E-state index contributed by atoms with van der Waals surface area (Å²) in [6, 6.07) is 8.78. The van der Waals surface area contributed by atoms with Crippen molar-refractivity contribution in [1.29, 1.82) is 0 Å². The van der Waals surface area contributed by atoms with Gasteiger partial charge in [0.05, 0.1) is 17.1 Å². The molecule has 9 nitrogen and oxygen atoms in total. The van der Waals surface area contributed by atoms with Crippen molar-refractivity contribution in [3.8, 4) is 5.75 Å². The second kappa shape index (κ2) is 9.43. The molecule has 160 valence electrons. The minimum atomic E-state index is -0.719. The number of hydrazine groups is 1. The number of rotatable bonds is 4. The fourth-order valence-corrected chi connectivity index (χ4v) is 4.26. The number of halogens is 2. The van der Waals surface area contributed by atoms with E-state index in [0.717, 1.165) is 22.1 Å². The lowest BCUT2D eigenvalue weighted by Gasteiger charge is -2.10. The minimum absolute atomic E-state index is 0.0285. The number of hydrogen-bond donors (Lipinski definition) is 3. The maximum absolute atomic E-state index is 12.5. The van der Waals surface area contributed by atoms with Gasteiger partial charge in [-0.15, -0.1) is 11.3 Å². The first kappa shape index (κ1) is 22.7. The van der Waals surface area contributed by atoms with Gasteiger partial charge >= 0.3 is 0 Å². The summed E-state index contributed by atoms with van der Waals surface area (Å²) >= 11 is 18.2. The molecule has 0 aliphatic heterocycles. The number of benzene rings is 2. The van der Waals surface area contributed by atoms with Crippen molar-refractivity contribution in [2.45, 2.75) is 0 Å². The molecule has 0 unspecified atom stereocenters. The van der Waals surface area contributed by atoms with Crippen LogP contribution < -0.4 is 20.9 Å². The maximum Gasteiger partial charge on any atom is 0.288 e. The Morgan fingerprint density at radius 2 is 1.87 bits per heavy atom. The summed E-state index contributed by atoms with van der Waals surface area (Å²) < 4.78 is 5.92. The van der Waals surface area contributed by atoms with Crippen LogP contribution in [-0.4, -0.2) is 29.0 Å². The molecule has 1 heterocycles.